The van der Waals surface area contributed by atoms with E-state index < -0.39 is 6.23 Å². The second kappa shape index (κ2) is 8.60. The first kappa shape index (κ1) is 19.4. The predicted molar refractivity (Wildman–Crippen MR) is 114 cm³/mol. The number of hydrogen-bond donors (Lipinski definition) is 2. The van der Waals surface area contributed by atoms with Crippen LogP contribution in [0.25, 0.3) is 22.4 Å². The molecule has 5 nitrogen and oxygen atoms in total. The van der Waals surface area contributed by atoms with Crippen molar-refractivity contribution in [2.75, 3.05) is 0 Å². The van der Waals surface area contributed by atoms with Crippen molar-refractivity contribution in [3.8, 4) is 28.5 Å². The Kier molecular flexibility index (Phi) is 5.75. The largest absolute Gasteiger partial charge is 0.379 e. The van der Waals surface area contributed by atoms with E-state index in [1.54, 1.807) is 0 Å². The summed E-state index contributed by atoms with van der Waals surface area (Å²) in [5.41, 5.74) is 5.17. The Bertz CT molecular complexity index is 985. The Morgan fingerprint density at radius 1 is 1.07 bits per heavy atom. The number of nitrogens with zero attached hydrogens (tertiary/aromatic N) is 3. The minimum absolute atomic E-state index is 0.339. The third-order valence-corrected chi connectivity index (χ3v) is 5.76. The van der Waals surface area contributed by atoms with E-state index in [-0.39, 0.29) is 0 Å². The Labute approximate surface area is 171 Å². The highest BCUT2D eigenvalue weighted by atomic mass is 16.3. The summed E-state index contributed by atoms with van der Waals surface area (Å²) in [5, 5.41) is 26.7. The molecular formula is C24H26N4O. The molecule has 0 radical (unpaired) electrons. The second-order valence-corrected chi connectivity index (χ2v) is 7.68. The normalized spacial score (nSPS) is 19.8. The second-order valence-electron chi connectivity index (χ2n) is 7.68. The van der Waals surface area contributed by atoms with Gasteiger partial charge in [0.25, 0.3) is 0 Å². The summed E-state index contributed by atoms with van der Waals surface area (Å²) in [6, 6.07) is 21.1. The molecule has 2 aromatic carbocycles. The summed E-state index contributed by atoms with van der Waals surface area (Å²) >= 11 is 0. The lowest BCUT2D eigenvalue weighted by molar-refractivity contribution is 0.118. The monoisotopic (exact) mass is 386 g/mol. The average molecular weight is 386 g/mol. The van der Waals surface area contributed by atoms with Crippen molar-refractivity contribution < 1.29 is 5.11 Å². The molecule has 29 heavy (non-hydrogen) atoms. The SMILES string of the molecule is CCC(O)N[C@H]1CC[C@@H](n2nccc2-c2ccc(-c3ccc(C#N)cc3)cc2)C1. The minimum Gasteiger partial charge on any atom is -0.379 e. The number of hydrogen-bond acceptors (Lipinski definition) is 4. The van der Waals surface area contributed by atoms with Crippen LogP contribution in [0.2, 0.25) is 0 Å². The summed E-state index contributed by atoms with van der Waals surface area (Å²) < 4.78 is 2.14. The van der Waals surface area contributed by atoms with Gasteiger partial charge in [0.1, 0.15) is 6.23 Å². The van der Waals surface area contributed by atoms with Crippen LogP contribution in [-0.4, -0.2) is 27.2 Å². The zero-order valence-corrected chi connectivity index (χ0v) is 16.6. The molecule has 1 heterocycles. The molecule has 4 rings (SSSR count). The van der Waals surface area contributed by atoms with E-state index in [1.807, 2.05) is 37.4 Å². The lowest BCUT2D eigenvalue weighted by atomic mass is 10.0. The van der Waals surface area contributed by atoms with Gasteiger partial charge in [-0.15, -0.1) is 0 Å². The van der Waals surface area contributed by atoms with E-state index in [9.17, 15) is 5.11 Å². The summed E-state index contributed by atoms with van der Waals surface area (Å²) in [4.78, 5) is 0. The van der Waals surface area contributed by atoms with Crippen LogP contribution >= 0.6 is 0 Å². The van der Waals surface area contributed by atoms with E-state index in [0.717, 1.165) is 48.1 Å². The third kappa shape index (κ3) is 4.24. The quantitative estimate of drug-likeness (QED) is 0.612. The van der Waals surface area contributed by atoms with E-state index in [1.165, 1.54) is 0 Å². The Morgan fingerprint density at radius 2 is 1.72 bits per heavy atom. The topological polar surface area (TPSA) is 73.9 Å². The number of nitriles is 1. The number of benzene rings is 2. The van der Waals surface area contributed by atoms with Crippen molar-refractivity contribution in [2.45, 2.75) is 50.9 Å². The van der Waals surface area contributed by atoms with Gasteiger partial charge in [0.2, 0.25) is 0 Å². The molecule has 5 heteroatoms. The van der Waals surface area contributed by atoms with Crippen molar-refractivity contribution in [3.05, 3.63) is 66.4 Å². The number of rotatable bonds is 6. The molecule has 148 valence electrons. The van der Waals surface area contributed by atoms with Gasteiger partial charge in [0.05, 0.1) is 23.4 Å². The van der Waals surface area contributed by atoms with Crippen molar-refractivity contribution in [3.63, 3.8) is 0 Å². The number of aliphatic hydroxyl groups excluding tert-OH is 1. The molecule has 1 saturated carbocycles. The Morgan fingerprint density at radius 3 is 2.38 bits per heavy atom. The van der Waals surface area contributed by atoms with Gasteiger partial charge in [0.15, 0.2) is 0 Å². The van der Waals surface area contributed by atoms with Crippen LogP contribution in [0, 0.1) is 11.3 Å². The van der Waals surface area contributed by atoms with E-state index in [2.05, 4.69) is 51.5 Å². The fraction of sp³-hybridized carbons (Fsp3) is 0.333. The highest BCUT2D eigenvalue weighted by Crippen LogP contribution is 2.34. The first-order chi connectivity index (χ1) is 14.2. The lowest BCUT2D eigenvalue weighted by Gasteiger charge is -2.18. The van der Waals surface area contributed by atoms with Crippen molar-refractivity contribution in [1.29, 1.82) is 5.26 Å². The van der Waals surface area contributed by atoms with Gasteiger partial charge >= 0.3 is 0 Å². The maximum absolute atomic E-state index is 9.87. The average Bonchev–Trinajstić information content (AvgIpc) is 3.43. The van der Waals surface area contributed by atoms with Crippen molar-refractivity contribution >= 4 is 0 Å². The Balaban J connectivity index is 1.50. The summed E-state index contributed by atoms with van der Waals surface area (Å²) in [5.74, 6) is 0. The van der Waals surface area contributed by atoms with Gasteiger partial charge in [-0.05, 0) is 60.6 Å². The van der Waals surface area contributed by atoms with Crippen LogP contribution in [0.5, 0.6) is 0 Å². The molecule has 0 aliphatic heterocycles. The first-order valence-electron chi connectivity index (χ1n) is 10.3. The smallest absolute Gasteiger partial charge is 0.104 e. The molecular weight excluding hydrogens is 360 g/mol. The molecule has 3 aromatic rings. The van der Waals surface area contributed by atoms with Gasteiger partial charge in [-0.2, -0.15) is 10.4 Å². The molecule has 0 saturated heterocycles. The highest BCUT2D eigenvalue weighted by Gasteiger charge is 2.28. The maximum atomic E-state index is 9.87. The lowest BCUT2D eigenvalue weighted by Crippen LogP contribution is -2.36. The zero-order valence-electron chi connectivity index (χ0n) is 16.6. The number of aromatic nitrogens is 2. The van der Waals surface area contributed by atoms with Crippen molar-refractivity contribution in [2.24, 2.45) is 0 Å². The molecule has 3 atom stereocenters. The van der Waals surface area contributed by atoms with Crippen LogP contribution in [-0.2, 0) is 0 Å². The van der Waals surface area contributed by atoms with Crippen LogP contribution in [0.3, 0.4) is 0 Å². The first-order valence-corrected chi connectivity index (χ1v) is 10.3. The molecule has 1 unspecified atom stereocenters. The fourth-order valence-electron chi connectivity index (χ4n) is 4.13. The molecule has 1 aromatic heterocycles. The van der Waals surface area contributed by atoms with Crippen molar-refractivity contribution in [1.82, 2.24) is 15.1 Å². The van der Waals surface area contributed by atoms with Gasteiger partial charge in [-0.3, -0.25) is 10.00 Å². The zero-order chi connectivity index (χ0) is 20.2. The Hall–Kier alpha value is -2.94. The van der Waals surface area contributed by atoms with Crippen LogP contribution < -0.4 is 5.32 Å². The minimum atomic E-state index is -0.425. The fourth-order valence-corrected chi connectivity index (χ4v) is 4.13. The molecule has 0 amide bonds. The number of nitrogens with one attached hydrogen (secondary N) is 1. The molecule has 1 aliphatic rings. The van der Waals surface area contributed by atoms with E-state index >= 15 is 0 Å². The molecule has 1 aliphatic carbocycles. The van der Waals surface area contributed by atoms with Crippen LogP contribution in [0.4, 0.5) is 0 Å². The standard InChI is InChI=1S/C24H26N4O/c1-2-24(29)27-21-11-12-22(15-21)28-23(13-14-26-28)20-9-7-19(8-10-20)18-5-3-17(16-25)4-6-18/h3-10,13-14,21-22,24,27,29H,2,11-12,15H2,1H3/t21-,22+,24?/m0/s1. The summed E-state index contributed by atoms with van der Waals surface area (Å²) in [7, 11) is 0. The van der Waals surface area contributed by atoms with E-state index in [0.29, 0.717) is 17.6 Å². The maximum Gasteiger partial charge on any atom is 0.104 e. The summed E-state index contributed by atoms with van der Waals surface area (Å²) in [6.07, 6.45) is 5.26. The van der Waals surface area contributed by atoms with Gasteiger partial charge in [-0.25, -0.2) is 0 Å². The summed E-state index contributed by atoms with van der Waals surface area (Å²) in [6.45, 7) is 1.98. The molecule has 0 spiro atoms. The molecule has 2 N–H and O–H groups in total. The van der Waals surface area contributed by atoms with Gasteiger partial charge in [0, 0.05) is 12.2 Å². The van der Waals surface area contributed by atoms with Gasteiger partial charge < -0.3 is 5.11 Å². The number of aliphatic hydroxyl groups is 1. The van der Waals surface area contributed by atoms with Crippen LogP contribution in [0.1, 0.15) is 44.2 Å². The molecule has 1 fully saturated rings. The third-order valence-electron chi connectivity index (χ3n) is 5.76. The molecule has 0 bridgehead atoms. The predicted octanol–water partition coefficient (Wildman–Crippen LogP) is 4.50. The van der Waals surface area contributed by atoms with Gasteiger partial charge in [-0.1, -0.05) is 43.3 Å². The van der Waals surface area contributed by atoms with Crippen LogP contribution in [0.15, 0.2) is 60.8 Å². The van der Waals surface area contributed by atoms with E-state index in [4.69, 9.17) is 5.26 Å². The highest BCUT2D eigenvalue weighted by molar-refractivity contribution is 5.69.